The molecule has 1 atom stereocenters. The van der Waals surface area contributed by atoms with E-state index in [1.807, 2.05) is 0 Å². The zero-order chi connectivity index (χ0) is 17.8. The molecular formula is C15H14N4O2S. The quantitative estimate of drug-likeness (QED) is 0.740. The van der Waals surface area contributed by atoms with E-state index in [9.17, 15) is 4.79 Å². The van der Waals surface area contributed by atoms with Gasteiger partial charge >= 0.3 is 4.87 Å². The van der Waals surface area contributed by atoms with E-state index in [4.69, 9.17) is 14.6 Å². The molecule has 1 aliphatic rings. The normalized spacial score (nSPS) is 19.9. The molecule has 0 fully saturated rings. The number of fused-ring (bicyclic) bond motifs is 2. The lowest BCUT2D eigenvalue weighted by atomic mass is 9.98. The fourth-order valence-electron chi connectivity index (χ4n) is 2.59. The molecule has 0 spiro atoms. The molecule has 0 saturated carbocycles. The van der Waals surface area contributed by atoms with Crippen LogP contribution in [0.2, 0.25) is 0 Å². The van der Waals surface area contributed by atoms with Gasteiger partial charge in [0.15, 0.2) is 5.65 Å². The number of hydrogen-bond donors (Lipinski definition) is 1. The van der Waals surface area contributed by atoms with E-state index < -0.39 is 11.8 Å². The van der Waals surface area contributed by atoms with Crippen LogP contribution in [-0.2, 0) is 6.98 Å². The molecule has 0 unspecified atom stereocenters. The zero-order valence-electron chi connectivity index (χ0n) is 14.4. The van der Waals surface area contributed by atoms with Crippen molar-refractivity contribution in [2.75, 3.05) is 6.61 Å². The van der Waals surface area contributed by atoms with Gasteiger partial charge in [-0.15, -0.1) is 0 Å². The highest BCUT2D eigenvalue weighted by molar-refractivity contribution is 7.16. The van der Waals surface area contributed by atoms with Gasteiger partial charge in [0, 0.05) is 58.8 Å². The Bertz CT molecular complexity index is 1030. The molecule has 0 saturated heterocycles. The average Bonchev–Trinajstić information content (AvgIpc) is 2.89. The lowest BCUT2D eigenvalue weighted by molar-refractivity contribution is 0.269. The molecule has 22 heavy (non-hydrogen) atoms. The number of aryl methyl sites for hydroxylation is 1. The molecule has 1 aliphatic heterocycles. The van der Waals surface area contributed by atoms with Crippen molar-refractivity contribution in [3.63, 3.8) is 0 Å². The van der Waals surface area contributed by atoms with Crippen LogP contribution >= 0.6 is 11.3 Å². The summed E-state index contributed by atoms with van der Waals surface area (Å²) < 4.78 is 29.5. The first-order chi connectivity index (χ1) is 11.9. The monoisotopic (exact) mass is 317 g/mol. The highest BCUT2D eigenvalue weighted by atomic mass is 32.1. The van der Waals surface area contributed by atoms with Crippen LogP contribution in [0.25, 0.3) is 21.5 Å². The van der Waals surface area contributed by atoms with Crippen molar-refractivity contribution >= 4 is 21.7 Å². The largest absolute Gasteiger partial charge is 0.492 e. The van der Waals surface area contributed by atoms with Crippen LogP contribution in [0.4, 0.5) is 0 Å². The van der Waals surface area contributed by atoms with Crippen molar-refractivity contribution in [3.05, 3.63) is 39.9 Å². The molecule has 112 valence electrons. The summed E-state index contributed by atoms with van der Waals surface area (Å²) >= 11 is 0.851. The number of pyridine rings is 2. The van der Waals surface area contributed by atoms with Gasteiger partial charge in [0.2, 0.25) is 0 Å². The molecular weight excluding hydrogens is 300 g/mol. The van der Waals surface area contributed by atoms with Gasteiger partial charge in [-0.2, -0.15) is 0 Å². The highest BCUT2D eigenvalue weighted by Gasteiger charge is 2.22. The standard InChI is InChI=1S/C15H14N4O2S/c1-19-14-12(22-15(19)20)4-8(5-18-14)9-6-17-7-10-11(16)2-3-21-13(9)10/h4-7,11H,2-3,16H2,1H3/t11-/m1/s1/i1D3. The molecule has 7 heteroatoms. The number of hydrogen-bond acceptors (Lipinski definition) is 6. The number of nitrogens with zero attached hydrogens (tertiary/aromatic N) is 3. The van der Waals surface area contributed by atoms with Crippen LogP contribution in [0.1, 0.15) is 22.1 Å². The summed E-state index contributed by atoms with van der Waals surface area (Å²) in [4.78, 5) is 19.9. The summed E-state index contributed by atoms with van der Waals surface area (Å²) in [5.41, 5.74) is 8.52. The molecule has 3 aromatic rings. The fraction of sp³-hybridized carbons (Fsp3) is 0.267. The van der Waals surface area contributed by atoms with Crippen LogP contribution in [0, 0.1) is 0 Å². The van der Waals surface area contributed by atoms with Gasteiger partial charge in [-0.3, -0.25) is 14.3 Å². The zero-order valence-corrected chi connectivity index (χ0v) is 12.3. The number of ether oxygens (including phenoxy) is 1. The Morgan fingerprint density at radius 3 is 3.27 bits per heavy atom. The van der Waals surface area contributed by atoms with Crippen molar-refractivity contribution in [3.8, 4) is 16.9 Å². The van der Waals surface area contributed by atoms with Crippen LogP contribution in [0.15, 0.2) is 29.5 Å². The summed E-state index contributed by atoms with van der Waals surface area (Å²) in [5, 5.41) is 0. The van der Waals surface area contributed by atoms with E-state index in [0.29, 0.717) is 22.6 Å². The Labute approximate surface area is 134 Å². The molecule has 0 aliphatic carbocycles. The second kappa shape index (κ2) is 4.89. The van der Waals surface area contributed by atoms with Crippen LogP contribution in [0.5, 0.6) is 5.75 Å². The number of nitrogens with two attached hydrogens (primary N) is 1. The summed E-state index contributed by atoms with van der Waals surface area (Å²) in [6, 6.07) is 1.60. The van der Waals surface area contributed by atoms with Gasteiger partial charge < -0.3 is 10.5 Å². The Morgan fingerprint density at radius 1 is 1.50 bits per heavy atom. The number of rotatable bonds is 1. The van der Waals surface area contributed by atoms with Gasteiger partial charge in [-0.1, -0.05) is 11.3 Å². The third-order valence-electron chi connectivity index (χ3n) is 3.73. The lowest BCUT2D eigenvalue weighted by Gasteiger charge is -2.24. The molecule has 0 amide bonds. The predicted octanol–water partition coefficient (Wildman–Crippen LogP) is 1.84. The van der Waals surface area contributed by atoms with Crippen molar-refractivity contribution in [2.24, 2.45) is 12.7 Å². The minimum absolute atomic E-state index is 0.138. The SMILES string of the molecule is [2H]C([2H])([2H])n1c(=O)sc2cc(-c3cncc4c3OCC[C@H]4N)cnc21. The summed E-state index contributed by atoms with van der Waals surface area (Å²) in [7, 11) is 0. The van der Waals surface area contributed by atoms with Gasteiger partial charge in [-0.05, 0) is 6.07 Å². The molecule has 0 bridgehead atoms. The van der Waals surface area contributed by atoms with Crippen LogP contribution < -0.4 is 15.3 Å². The smallest absolute Gasteiger partial charge is 0.309 e. The van der Waals surface area contributed by atoms with Crippen molar-refractivity contribution in [1.82, 2.24) is 14.5 Å². The molecule has 3 aromatic heterocycles. The van der Waals surface area contributed by atoms with Gasteiger partial charge in [0.05, 0.1) is 11.3 Å². The predicted molar refractivity (Wildman–Crippen MR) is 85.1 cm³/mol. The molecule has 6 nitrogen and oxygen atoms in total. The second-order valence-electron chi connectivity index (χ2n) is 5.10. The van der Waals surface area contributed by atoms with E-state index in [1.54, 1.807) is 18.5 Å². The first-order valence-corrected chi connectivity index (χ1v) is 7.56. The molecule has 2 N–H and O–H groups in total. The molecule has 4 rings (SSSR count). The van der Waals surface area contributed by atoms with E-state index in [-0.39, 0.29) is 11.7 Å². The van der Waals surface area contributed by atoms with Crippen LogP contribution in [-0.4, -0.2) is 21.1 Å². The van der Waals surface area contributed by atoms with Gasteiger partial charge in [0.25, 0.3) is 0 Å². The number of aromatic nitrogens is 3. The maximum atomic E-state index is 12.0. The Hall–Kier alpha value is -2.25. The Balaban J connectivity index is 1.90. The molecule has 0 aromatic carbocycles. The minimum atomic E-state index is -2.56. The first-order valence-electron chi connectivity index (χ1n) is 8.25. The third-order valence-corrected chi connectivity index (χ3v) is 4.61. The van der Waals surface area contributed by atoms with Crippen molar-refractivity contribution in [2.45, 2.75) is 12.5 Å². The average molecular weight is 317 g/mol. The van der Waals surface area contributed by atoms with Crippen LogP contribution in [0.3, 0.4) is 0 Å². The lowest BCUT2D eigenvalue weighted by Crippen LogP contribution is -2.21. The second-order valence-corrected chi connectivity index (χ2v) is 6.09. The Kier molecular flexibility index (Phi) is 2.33. The number of thiazole rings is 1. The summed E-state index contributed by atoms with van der Waals surface area (Å²) in [5.74, 6) is 0.664. The van der Waals surface area contributed by atoms with Gasteiger partial charge in [-0.25, -0.2) is 4.98 Å². The van der Waals surface area contributed by atoms with E-state index in [1.165, 1.54) is 6.20 Å². The third kappa shape index (κ3) is 1.93. The maximum Gasteiger partial charge on any atom is 0.309 e. The van der Waals surface area contributed by atoms with E-state index in [0.717, 1.165) is 33.5 Å². The van der Waals surface area contributed by atoms with E-state index in [2.05, 4.69) is 9.97 Å². The maximum absolute atomic E-state index is 12.0. The van der Waals surface area contributed by atoms with Crippen molar-refractivity contribution in [1.29, 1.82) is 0 Å². The van der Waals surface area contributed by atoms with Crippen molar-refractivity contribution < 1.29 is 8.85 Å². The topological polar surface area (TPSA) is 83.0 Å². The minimum Gasteiger partial charge on any atom is -0.492 e. The van der Waals surface area contributed by atoms with Gasteiger partial charge in [0.1, 0.15) is 5.75 Å². The summed E-state index contributed by atoms with van der Waals surface area (Å²) in [6.45, 7) is -2.04. The first kappa shape index (κ1) is 10.5. The highest BCUT2D eigenvalue weighted by Crippen LogP contribution is 2.38. The van der Waals surface area contributed by atoms with E-state index >= 15 is 0 Å². The Morgan fingerprint density at radius 2 is 2.41 bits per heavy atom. The molecule has 0 radical (unpaired) electrons. The molecule has 4 heterocycles. The fourth-order valence-corrected chi connectivity index (χ4v) is 3.38. The summed E-state index contributed by atoms with van der Waals surface area (Å²) in [6.07, 6.45) is 5.59.